The number of carbonyl (C=O) groups is 1. The second-order valence-corrected chi connectivity index (χ2v) is 6.26. The van der Waals surface area contributed by atoms with E-state index in [-0.39, 0.29) is 5.91 Å². The van der Waals surface area contributed by atoms with Crippen LogP contribution in [-0.2, 0) is 19.0 Å². The SMILES string of the molecule is CCN1CCN(C(=O)CCOCCOCCOCC(C)C)CC1. The Balaban J connectivity index is 1.88. The first-order valence-corrected chi connectivity index (χ1v) is 8.86. The van der Waals surface area contributed by atoms with Crippen molar-refractivity contribution < 1.29 is 19.0 Å². The molecule has 0 atom stereocenters. The molecule has 1 saturated heterocycles. The van der Waals surface area contributed by atoms with Gasteiger partial charge in [0.1, 0.15) is 0 Å². The second-order valence-electron chi connectivity index (χ2n) is 6.26. The van der Waals surface area contributed by atoms with E-state index in [1.165, 1.54) is 0 Å². The zero-order valence-corrected chi connectivity index (χ0v) is 15.1. The van der Waals surface area contributed by atoms with Crippen molar-refractivity contribution in [3.8, 4) is 0 Å². The molecule has 1 heterocycles. The van der Waals surface area contributed by atoms with Crippen molar-refractivity contribution in [1.29, 1.82) is 0 Å². The average Bonchev–Trinajstić information content (AvgIpc) is 2.56. The maximum atomic E-state index is 12.0. The molecule has 1 aliphatic rings. The minimum absolute atomic E-state index is 0.198. The summed E-state index contributed by atoms with van der Waals surface area (Å²) in [5, 5.41) is 0. The molecule has 0 saturated carbocycles. The number of amides is 1. The third-order valence-corrected chi connectivity index (χ3v) is 3.83. The first kappa shape index (κ1) is 20.4. The van der Waals surface area contributed by atoms with Gasteiger partial charge in [0.25, 0.3) is 0 Å². The van der Waals surface area contributed by atoms with Crippen molar-refractivity contribution in [2.75, 3.05) is 72.4 Å². The third kappa shape index (κ3) is 9.91. The summed E-state index contributed by atoms with van der Waals surface area (Å²) in [7, 11) is 0. The molecule has 0 bridgehead atoms. The van der Waals surface area contributed by atoms with E-state index in [0.29, 0.717) is 45.4 Å². The Morgan fingerprint density at radius 3 is 2.04 bits per heavy atom. The second kappa shape index (κ2) is 12.7. The molecular weight excluding hydrogens is 296 g/mol. The molecule has 136 valence electrons. The van der Waals surface area contributed by atoms with Crippen LogP contribution in [0, 0.1) is 5.92 Å². The predicted molar refractivity (Wildman–Crippen MR) is 90.6 cm³/mol. The zero-order chi connectivity index (χ0) is 16.9. The summed E-state index contributed by atoms with van der Waals surface area (Å²) in [6.07, 6.45) is 0.462. The van der Waals surface area contributed by atoms with E-state index in [1.54, 1.807) is 0 Å². The fourth-order valence-corrected chi connectivity index (χ4v) is 2.39. The van der Waals surface area contributed by atoms with Gasteiger partial charge in [0.05, 0.1) is 39.5 Å². The predicted octanol–water partition coefficient (Wildman–Crippen LogP) is 1.25. The number of hydrogen-bond acceptors (Lipinski definition) is 5. The summed E-state index contributed by atoms with van der Waals surface area (Å²) in [6.45, 7) is 14.7. The molecule has 23 heavy (non-hydrogen) atoms. The minimum Gasteiger partial charge on any atom is -0.379 e. The third-order valence-electron chi connectivity index (χ3n) is 3.83. The molecule has 0 aromatic carbocycles. The van der Waals surface area contributed by atoms with Crippen LogP contribution in [0.1, 0.15) is 27.2 Å². The van der Waals surface area contributed by atoms with Gasteiger partial charge in [0.15, 0.2) is 0 Å². The molecule has 6 heteroatoms. The van der Waals surface area contributed by atoms with Gasteiger partial charge in [-0.3, -0.25) is 4.79 Å². The van der Waals surface area contributed by atoms with Crippen LogP contribution in [0.4, 0.5) is 0 Å². The van der Waals surface area contributed by atoms with E-state index >= 15 is 0 Å². The Hall–Kier alpha value is -0.690. The molecule has 0 aromatic heterocycles. The molecule has 6 nitrogen and oxygen atoms in total. The highest BCUT2D eigenvalue weighted by Gasteiger charge is 2.19. The van der Waals surface area contributed by atoms with Gasteiger partial charge in [-0.2, -0.15) is 0 Å². The molecule has 0 unspecified atom stereocenters. The van der Waals surface area contributed by atoms with E-state index in [4.69, 9.17) is 14.2 Å². The Morgan fingerprint density at radius 1 is 0.913 bits per heavy atom. The molecule has 0 radical (unpaired) electrons. The van der Waals surface area contributed by atoms with Gasteiger partial charge in [-0.25, -0.2) is 0 Å². The van der Waals surface area contributed by atoms with Gasteiger partial charge in [-0.1, -0.05) is 20.8 Å². The smallest absolute Gasteiger partial charge is 0.224 e. The Bertz CT molecular complexity index is 305. The van der Waals surface area contributed by atoms with E-state index < -0.39 is 0 Å². The molecule has 0 aliphatic carbocycles. The monoisotopic (exact) mass is 330 g/mol. The van der Waals surface area contributed by atoms with Crippen LogP contribution in [0.25, 0.3) is 0 Å². The fraction of sp³-hybridized carbons (Fsp3) is 0.941. The summed E-state index contributed by atoms with van der Waals surface area (Å²) in [6, 6.07) is 0. The van der Waals surface area contributed by atoms with Crippen LogP contribution < -0.4 is 0 Å². The van der Waals surface area contributed by atoms with Crippen LogP contribution in [0.3, 0.4) is 0 Å². The topological polar surface area (TPSA) is 51.2 Å². The van der Waals surface area contributed by atoms with Gasteiger partial charge in [0.2, 0.25) is 5.91 Å². The largest absolute Gasteiger partial charge is 0.379 e. The number of ether oxygens (including phenoxy) is 3. The van der Waals surface area contributed by atoms with Gasteiger partial charge >= 0.3 is 0 Å². The van der Waals surface area contributed by atoms with E-state index in [2.05, 4.69) is 25.7 Å². The van der Waals surface area contributed by atoms with Crippen molar-refractivity contribution in [2.24, 2.45) is 5.92 Å². The Kier molecular flexibility index (Phi) is 11.2. The lowest BCUT2D eigenvalue weighted by Crippen LogP contribution is -2.48. The van der Waals surface area contributed by atoms with Crippen LogP contribution in [0.15, 0.2) is 0 Å². The standard InChI is InChI=1S/C17H34N2O4/c1-4-18-6-8-19(9-7-18)17(20)5-10-21-11-12-22-13-14-23-15-16(2)3/h16H,4-15H2,1-3H3. The summed E-state index contributed by atoms with van der Waals surface area (Å²) >= 11 is 0. The average molecular weight is 330 g/mol. The van der Waals surface area contributed by atoms with Crippen molar-refractivity contribution in [1.82, 2.24) is 9.80 Å². The van der Waals surface area contributed by atoms with Crippen molar-refractivity contribution in [3.05, 3.63) is 0 Å². The minimum atomic E-state index is 0.198. The van der Waals surface area contributed by atoms with Gasteiger partial charge < -0.3 is 24.0 Å². The fourth-order valence-electron chi connectivity index (χ4n) is 2.39. The van der Waals surface area contributed by atoms with Crippen molar-refractivity contribution >= 4 is 5.91 Å². The Labute approximate surface area is 141 Å². The highest BCUT2D eigenvalue weighted by Crippen LogP contribution is 2.03. The lowest BCUT2D eigenvalue weighted by molar-refractivity contribution is -0.134. The highest BCUT2D eigenvalue weighted by atomic mass is 16.5. The summed E-state index contributed by atoms with van der Waals surface area (Å²) in [5.41, 5.74) is 0. The quantitative estimate of drug-likeness (QED) is 0.504. The van der Waals surface area contributed by atoms with E-state index in [0.717, 1.165) is 39.3 Å². The summed E-state index contributed by atoms with van der Waals surface area (Å²) in [4.78, 5) is 16.3. The van der Waals surface area contributed by atoms with Gasteiger partial charge in [-0.15, -0.1) is 0 Å². The first-order chi connectivity index (χ1) is 11.1. The lowest BCUT2D eigenvalue weighted by Gasteiger charge is -2.34. The van der Waals surface area contributed by atoms with E-state index in [9.17, 15) is 4.79 Å². The molecule has 0 N–H and O–H groups in total. The van der Waals surface area contributed by atoms with Crippen molar-refractivity contribution in [3.63, 3.8) is 0 Å². The number of rotatable bonds is 12. The van der Waals surface area contributed by atoms with Gasteiger partial charge in [-0.05, 0) is 12.5 Å². The van der Waals surface area contributed by atoms with Crippen LogP contribution >= 0.6 is 0 Å². The van der Waals surface area contributed by atoms with Crippen molar-refractivity contribution in [2.45, 2.75) is 27.2 Å². The number of piperazine rings is 1. The van der Waals surface area contributed by atoms with Crippen LogP contribution in [0.5, 0.6) is 0 Å². The lowest BCUT2D eigenvalue weighted by atomic mass is 10.2. The number of hydrogen-bond donors (Lipinski definition) is 0. The summed E-state index contributed by atoms with van der Waals surface area (Å²) < 4.78 is 16.3. The van der Waals surface area contributed by atoms with Crippen LogP contribution in [-0.4, -0.2) is 88.1 Å². The van der Waals surface area contributed by atoms with Crippen LogP contribution in [0.2, 0.25) is 0 Å². The Morgan fingerprint density at radius 2 is 1.48 bits per heavy atom. The maximum Gasteiger partial charge on any atom is 0.224 e. The molecule has 1 rings (SSSR count). The van der Waals surface area contributed by atoms with E-state index in [1.807, 2.05) is 4.90 Å². The maximum absolute atomic E-state index is 12.0. The first-order valence-electron chi connectivity index (χ1n) is 8.86. The van der Waals surface area contributed by atoms with Gasteiger partial charge in [0, 0.05) is 32.8 Å². The normalized spacial score (nSPS) is 16.3. The molecule has 0 spiro atoms. The molecule has 1 aliphatic heterocycles. The molecule has 0 aromatic rings. The number of likely N-dealkylation sites (N-methyl/N-ethyl adjacent to an activating group) is 1. The summed E-state index contributed by atoms with van der Waals surface area (Å²) in [5.74, 6) is 0.754. The molecule has 1 amide bonds. The zero-order valence-electron chi connectivity index (χ0n) is 15.1. The number of carbonyl (C=O) groups excluding carboxylic acids is 1. The highest BCUT2D eigenvalue weighted by molar-refractivity contribution is 5.76. The molecule has 1 fully saturated rings. The number of nitrogens with zero attached hydrogens (tertiary/aromatic N) is 2. The molecular formula is C17H34N2O4.